The van der Waals surface area contributed by atoms with Crippen LogP contribution in [0.2, 0.25) is 0 Å². The number of nitrogens with one attached hydrogen (secondary N) is 1. The molecule has 0 spiro atoms. The molecule has 1 atom stereocenters. The van der Waals surface area contributed by atoms with E-state index in [1.54, 1.807) is 30.6 Å². The van der Waals surface area contributed by atoms with E-state index in [4.69, 9.17) is 0 Å². The van der Waals surface area contributed by atoms with Crippen LogP contribution in [-0.4, -0.2) is 10.5 Å². The second-order valence-electron chi connectivity index (χ2n) is 6.28. The van der Waals surface area contributed by atoms with E-state index in [1.165, 1.54) is 16.2 Å². The summed E-state index contributed by atoms with van der Waals surface area (Å²) in [6.07, 6.45) is 3.76. The predicted octanol–water partition coefficient (Wildman–Crippen LogP) is 3.92. The minimum Gasteiger partial charge on any atom is -0.340 e. The first-order valence-electron chi connectivity index (χ1n) is 8.68. The lowest BCUT2D eigenvalue weighted by Crippen LogP contribution is -2.30. The molecule has 0 saturated heterocycles. The fourth-order valence-electron chi connectivity index (χ4n) is 2.84. The van der Waals surface area contributed by atoms with Crippen LogP contribution >= 0.6 is 11.3 Å². The average Bonchev–Trinajstić information content (AvgIpc) is 3.17. The van der Waals surface area contributed by atoms with Crippen molar-refractivity contribution in [3.63, 3.8) is 0 Å². The van der Waals surface area contributed by atoms with Crippen molar-refractivity contribution < 1.29 is 4.79 Å². The lowest BCUT2D eigenvalue weighted by molar-refractivity contribution is 0.0943. The molecule has 0 aliphatic rings. The van der Waals surface area contributed by atoms with Gasteiger partial charge in [-0.3, -0.25) is 9.59 Å². The van der Waals surface area contributed by atoms with Gasteiger partial charge in [0.2, 0.25) is 0 Å². The first-order chi connectivity index (χ1) is 12.6. The predicted molar refractivity (Wildman–Crippen MR) is 106 cm³/mol. The Balaban J connectivity index is 1.88. The molecule has 0 bridgehead atoms. The first kappa shape index (κ1) is 18.1. The van der Waals surface area contributed by atoms with Crippen molar-refractivity contribution in [1.82, 2.24) is 9.88 Å². The topological polar surface area (TPSA) is 51.1 Å². The number of benzene rings is 1. The number of pyridine rings is 1. The zero-order chi connectivity index (χ0) is 18.5. The van der Waals surface area contributed by atoms with Crippen LogP contribution in [0.25, 0.3) is 0 Å². The van der Waals surface area contributed by atoms with Gasteiger partial charge in [0.25, 0.3) is 11.5 Å². The fourth-order valence-corrected chi connectivity index (χ4v) is 3.65. The van der Waals surface area contributed by atoms with Crippen LogP contribution in [0.3, 0.4) is 0 Å². The molecular formula is C21H22N2O2S. The summed E-state index contributed by atoms with van der Waals surface area (Å²) in [5.41, 5.74) is 2.50. The molecule has 1 aromatic carbocycles. The van der Waals surface area contributed by atoms with E-state index in [-0.39, 0.29) is 17.5 Å². The van der Waals surface area contributed by atoms with Crippen LogP contribution in [0.5, 0.6) is 0 Å². The number of thiophene rings is 1. The summed E-state index contributed by atoms with van der Waals surface area (Å²) in [5.74, 6) is -0.251. The lowest BCUT2D eigenvalue weighted by atomic mass is 10.0. The average molecular weight is 366 g/mol. The lowest BCUT2D eigenvalue weighted by Gasteiger charge is -2.19. The van der Waals surface area contributed by atoms with Crippen molar-refractivity contribution in [2.24, 2.45) is 7.05 Å². The van der Waals surface area contributed by atoms with E-state index in [0.29, 0.717) is 5.56 Å². The molecule has 0 radical (unpaired) electrons. The van der Waals surface area contributed by atoms with Crippen LogP contribution in [0.15, 0.2) is 64.9 Å². The van der Waals surface area contributed by atoms with Crippen molar-refractivity contribution in [2.75, 3.05) is 0 Å². The third-order valence-corrected chi connectivity index (χ3v) is 5.26. The highest BCUT2D eigenvalue weighted by Gasteiger charge is 2.19. The summed E-state index contributed by atoms with van der Waals surface area (Å²) in [6.45, 7) is 2.16. The molecule has 3 rings (SSSR count). The molecule has 26 heavy (non-hydrogen) atoms. The summed E-state index contributed by atoms with van der Waals surface area (Å²) in [5, 5.41) is 5.07. The van der Waals surface area contributed by atoms with Crippen molar-refractivity contribution >= 4 is 17.2 Å². The van der Waals surface area contributed by atoms with Gasteiger partial charge < -0.3 is 9.88 Å². The minimum absolute atomic E-state index is 0.200. The third kappa shape index (κ3) is 4.11. The van der Waals surface area contributed by atoms with E-state index in [2.05, 4.69) is 36.5 Å². The van der Waals surface area contributed by atoms with Gasteiger partial charge in [-0.05, 0) is 35.1 Å². The SMILES string of the molecule is CCCc1ccc([C@@H](NC(=O)c2ccn(C)c(=O)c2)c2cccs2)cc1. The van der Waals surface area contributed by atoms with Crippen molar-refractivity contribution in [3.05, 3.63) is 92.0 Å². The molecular weight excluding hydrogens is 344 g/mol. The number of nitrogens with zero attached hydrogens (tertiary/aromatic N) is 1. The van der Waals surface area contributed by atoms with Crippen LogP contribution in [0.1, 0.15) is 45.7 Å². The van der Waals surface area contributed by atoms with Crippen LogP contribution in [-0.2, 0) is 13.5 Å². The normalized spacial score (nSPS) is 11.9. The number of carbonyl (C=O) groups is 1. The quantitative estimate of drug-likeness (QED) is 0.719. The van der Waals surface area contributed by atoms with E-state index in [1.807, 2.05) is 17.5 Å². The highest BCUT2D eigenvalue weighted by molar-refractivity contribution is 7.10. The molecule has 0 aliphatic carbocycles. The molecule has 0 aliphatic heterocycles. The Labute approximate surface area is 157 Å². The first-order valence-corrected chi connectivity index (χ1v) is 9.56. The zero-order valence-electron chi connectivity index (χ0n) is 14.9. The van der Waals surface area contributed by atoms with E-state index in [0.717, 1.165) is 23.3 Å². The summed E-state index contributed by atoms with van der Waals surface area (Å²) in [4.78, 5) is 25.6. The van der Waals surface area contributed by atoms with Gasteiger partial charge in [0.05, 0.1) is 6.04 Å². The second-order valence-corrected chi connectivity index (χ2v) is 7.26. The van der Waals surface area contributed by atoms with Crippen LogP contribution < -0.4 is 10.9 Å². The number of amides is 1. The summed E-state index contributed by atoms with van der Waals surface area (Å²) in [6, 6.07) is 15.1. The summed E-state index contributed by atoms with van der Waals surface area (Å²) >= 11 is 1.60. The molecule has 2 heterocycles. The Morgan fingerprint density at radius 3 is 2.58 bits per heavy atom. The Morgan fingerprint density at radius 1 is 1.19 bits per heavy atom. The molecule has 0 saturated carbocycles. The van der Waals surface area contributed by atoms with Crippen molar-refractivity contribution in [1.29, 1.82) is 0 Å². The maximum atomic E-state index is 12.7. The molecule has 4 nitrogen and oxygen atoms in total. The maximum absolute atomic E-state index is 12.7. The number of carbonyl (C=O) groups excluding carboxylic acids is 1. The molecule has 0 unspecified atom stereocenters. The van der Waals surface area contributed by atoms with Gasteiger partial charge in [0, 0.05) is 29.8 Å². The third-order valence-electron chi connectivity index (χ3n) is 4.32. The van der Waals surface area contributed by atoms with Crippen LogP contribution in [0, 0.1) is 0 Å². The monoisotopic (exact) mass is 366 g/mol. The Kier molecular flexibility index (Phi) is 5.68. The Morgan fingerprint density at radius 2 is 1.96 bits per heavy atom. The molecule has 134 valence electrons. The Hall–Kier alpha value is -2.66. The fraction of sp³-hybridized carbons (Fsp3) is 0.238. The molecule has 2 aromatic heterocycles. The maximum Gasteiger partial charge on any atom is 0.252 e. The second kappa shape index (κ2) is 8.15. The molecule has 5 heteroatoms. The van der Waals surface area contributed by atoms with Gasteiger partial charge in [-0.1, -0.05) is 43.7 Å². The standard InChI is InChI=1S/C21H22N2O2S/c1-3-5-15-7-9-16(10-8-15)20(18-6-4-13-26-18)22-21(25)17-11-12-23(2)19(24)14-17/h4,6-14,20H,3,5H2,1-2H3,(H,22,25)/t20-/m1/s1. The highest BCUT2D eigenvalue weighted by Crippen LogP contribution is 2.27. The van der Waals surface area contributed by atoms with Crippen molar-refractivity contribution in [3.8, 4) is 0 Å². The van der Waals surface area contributed by atoms with Crippen molar-refractivity contribution in [2.45, 2.75) is 25.8 Å². The largest absolute Gasteiger partial charge is 0.340 e. The molecule has 1 N–H and O–H groups in total. The van der Waals surface area contributed by atoms with Gasteiger partial charge in [-0.25, -0.2) is 0 Å². The molecule has 0 fully saturated rings. The van der Waals surface area contributed by atoms with Gasteiger partial charge in [0.15, 0.2) is 0 Å². The smallest absolute Gasteiger partial charge is 0.252 e. The number of aryl methyl sites for hydroxylation is 2. The highest BCUT2D eigenvalue weighted by atomic mass is 32.1. The Bertz CT molecular complexity index is 927. The van der Waals surface area contributed by atoms with Gasteiger partial charge in [0.1, 0.15) is 0 Å². The summed E-state index contributed by atoms with van der Waals surface area (Å²) in [7, 11) is 1.66. The van der Waals surface area contributed by atoms with Gasteiger partial charge >= 0.3 is 0 Å². The molecule has 1 amide bonds. The van der Waals surface area contributed by atoms with Gasteiger partial charge in [-0.15, -0.1) is 11.3 Å². The zero-order valence-corrected chi connectivity index (χ0v) is 15.8. The number of hydrogen-bond donors (Lipinski definition) is 1. The number of hydrogen-bond acceptors (Lipinski definition) is 3. The van der Waals surface area contributed by atoms with E-state index in [9.17, 15) is 9.59 Å². The summed E-state index contributed by atoms with van der Waals surface area (Å²) < 4.78 is 1.44. The van der Waals surface area contributed by atoms with Crippen LogP contribution in [0.4, 0.5) is 0 Å². The minimum atomic E-state index is -0.251. The number of aromatic nitrogens is 1. The van der Waals surface area contributed by atoms with E-state index >= 15 is 0 Å². The number of rotatable bonds is 6. The van der Waals surface area contributed by atoms with Gasteiger partial charge in [-0.2, -0.15) is 0 Å². The van der Waals surface area contributed by atoms with E-state index < -0.39 is 0 Å². The molecule has 3 aromatic rings.